The van der Waals surface area contributed by atoms with E-state index < -0.39 is 23.3 Å². The summed E-state index contributed by atoms with van der Waals surface area (Å²) in [6.07, 6.45) is 1.61. The van der Waals surface area contributed by atoms with E-state index >= 15 is 0 Å². The molecule has 1 heterocycles. The van der Waals surface area contributed by atoms with Crippen LogP contribution in [0.15, 0.2) is 12.1 Å². The number of nitrogens with zero attached hydrogens (tertiary/aromatic N) is 1. The van der Waals surface area contributed by atoms with Gasteiger partial charge in [-0.25, -0.2) is 8.78 Å². The van der Waals surface area contributed by atoms with Crippen LogP contribution in [0.3, 0.4) is 0 Å². The fourth-order valence-corrected chi connectivity index (χ4v) is 2.22. The van der Waals surface area contributed by atoms with Crippen LogP contribution in [0.1, 0.15) is 30.1 Å². The van der Waals surface area contributed by atoms with E-state index in [2.05, 4.69) is 5.32 Å². The van der Waals surface area contributed by atoms with Gasteiger partial charge in [-0.1, -0.05) is 6.92 Å². The lowest BCUT2D eigenvalue weighted by Crippen LogP contribution is -2.32. The second-order valence-corrected chi connectivity index (χ2v) is 4.67. The number of hydrogen-bond donors (Lipinski definition) is 1. The van der Waals surface area contributed by atoms with Crippen molar-refractivity contribution in [1.29, 1.82) is 0 Å². The summed E-state index contributed by atoms with van der Waals surface area (Å²) in [5.41, 5.74) is -0.286. The highest BCUT2D eigenvalue weighted by molar-refractivity contribution is 6.52. The molecule has 0 aromatic heterocycles. The molecule has 1 aromatic rings. The van der Waals surface area contributed by atoms with Crippen molar-refractivity contribution in [2.45, 2.75) is 19.8 Å². The van der Waals surface area contributed by atoms with Gasteiger partial charge in [-0.2, -0.15) is 0 Å². The monoisotopic (exact) mass is 282 g/mol. The lowest BCUT2D eigenvalue weighted by molar-refractivity contribution is -0.114. The normalized spacial score (nSPS) is 14.1. The first-order valence-corrected chi connectivity index (χ1v) is 6.62. The topological polar surface area (TPSA) is 49.4 Å². The first kappa shape index (κ1) is 14.6. The highest BCUT2D eigenvalue weighted by atomic mass is 19.1. The van der Waals surface area contributed by atoms with E-state index in [9.17, 15) is 18.4 Å². The Kier molecular flexibility index (Phi) is 4.44. The molecule has 0 unspecified atom stereocenters. The van der Waals surface area contributed by atoms with Gasteiger partial charge in [0, 0.05) is 12.6 Å². The van der Waals surface area contributed by atoms with Gasteiger partial charge in [-0.05, 0) is 32.0 Å². The third-order valence-electron chi connectivity index (χ3n) is 3.15. The largest absolute Gasteiger partial charge is 0.317 e. The molecule has 1 aliphatic rings. The number of nitrogens with one attached hydrogen (secondary N) is 1. The molecule has 20 heavy (non-hydrogen) atoms. The molecule has 0 atom stereocenters. The van der Waals surface area contributed by atoms with Gasteiger partial charge < -0.3 is 10.2 Å². The molecule has 1 amide bonds. The van der Waals surface area contributed by atoms with Gasteiger partial charge in [0.1, 0.15) is 11.6 Å². The molecule has 0 radical (unpaired) electrons. The molecule has 1 N–H and O–H groups in total. The molecule has 0 spiro atoms. The van der Waals surface area contributed by atoms with Crippen LogP contribution >= 0.6 is 0 Å². The highest BCUT2D eigenvalue weighted by Crippen LogP contribution is 2.31. The van der Waals surface area contributed by atoms with E-state index in [0.29, 0.717) is 19.0 Å². The summed E-state index contributed by atoms with van der Waals surface area (Å²) >= 11 is 0. The summed E-state index contributed by atoms with van der Waals surface area (Å²) in [4.78, 5) is 24.7. The third kappa shape index (κ3) is 2.70. The maximum absolute atomic E-state index is 13.6. The van der Waals surface area contributed by atoms with E-state index in [1.807, 2.05) is 6.92 Å². The summed E-state index contributed by atoms with van der Waals surface area (Å²) in [5, 5.41) is 3.16. The zero-order valence-corrected chi connectivity index (χ0v) is 11.2. The van der Waals surface area contributed by atoms with Gasteiger partial charge in [0.15, 0.2) is 0 Å². The van der Waals surface area contributed by atoms with Crippen LogP contribution in [0, 0.1) is 11.6 Å². The van der Waals surface area contributed by atoms with E-state index in [0.717, 1.165) is 23.9 Å². The highest BCUT2D eigenvalue weighted by Gasteiger charge is 2.38. The molecule has 0 saturated heterocycles. The molecule has 4 nitrogen and oxygen atoms in total. The molecule has 0 aliphatic carbocycles. The first-order chi connectivity index (χ1) is 9.56. The minimum atomic E-state index is -0.982. The quantitative estimate of drug-likeness (QED) is 0.640. The molecular weight excluding hydrogens is 266 g/mol. The summed E-state index contributed by atoms with van der Waals surface area (Å²) in [6, 6.07) is 1.65. The predicted octanol–water partition coefficient (Wildman–Crippen LogP) is 1.88. The predicted molar refractivity (Wildman–Crippen MR) is 70.8 cm³/mol. The summed E-state index contributed by atoms with van der Waals surface area (Å²) in [7, 11) is 0. The van der Waals surface area contributed by atoms with Crippen molar-refractivity contribution in [3.8, 4) is 0 Å². The summed E-state index contributed by atoms with van der Waals surface area (Å²) in [5.74, 6) is -3.47. The van der Waals surface area contributed by atoms with Crippen molar-refractivity contribution in [2.75, 3.05) is 24.5 Å². The summed E-state index contributed by atoms with van der Waals surface area (Å²) in [6.45, 7) is 3.85. The van der Waals surface area contributed by atoms with Gasteiger partial charge in [0.2, 0.25) is 0 Å². The van der Waals surface area contributed by atoms with Gasteiger partial charge in [0.25, 0.3) is 11.7 Å². The second-order valence-electron chi connectivity index (χ2n) is 4.67. The van der Waals surface area contributed by atoms with Crippen LogP contribution in [0.5, 0.6) is 0 Å². The van der Waals surface area contributed by atoms with Crippen molar-refractivity contribution in [1.82, 2.24) is 5.32 Å². The number of hydrogen-bond acceptors (Lipinski definition) is 3. The van der Waals surface area contributed by atoms with Crippen LogP contribution in [0.4, 0.5) is 14.5 Å². The van der Waals surface area contributed by atoms with E-state index in [1.54, 1.807) is 0 Å². The average molecular weight is 282 g/mol. The Balaban J connectivity index is 2.12. The average Bonchev–Trinajstić information content (AvgIpc) is 2.63. The Bertz CT molecular complexity index is 546. The van der Waals surface area contributed by atoms with Crippen LogP contribution in [-0.4, -0.2) is 31.3 Å². The molecule has 108 valence electrons. The van der Waals surface area contributed by atoms with Crippen LogP contribution in [0.25, 0.3) is 0 Å². The zero-order chi connectivity index (χ0) is 14.7. The number of rotatable bonds is 6. The Labute approximate surface area is 115 Å². The SMILES string of the molecule is CCCNCCCN1C(=O)C(=O)c2c(F)cc(F)cc21. The number of Topliss-reactive ketones (excluding diaryl/α,β-unsaturated/α-hetero) is 1. The number of benzene rings is 1. The maximum atomic E-state index is 13.6. The smallest absolute Gasteiger partial charge is 0.299 e. The van der Waals surface area contributed by atoms with E-state index in [-0.39, 0.29) is 17.8 Å². The number of halogens is 2. The third-order valence-corrected chi connectivity index (χ3v) is 3.15. The van der Waals surface area contributed by atoms with Gasteiger partial charge in [-0.15, -0.1) is 0 Å². The Hall–Kier alpha value is -1.82. The minimum absolute atomic E-state index is 0.0352. The Morgan fingerprint density at radius 3 is 2.65 bits per heavy atom. The summed E-state index contributed by atoms with van der Waals surface area (Å²) < 4.78 is 26.8. The lowest BCUT2D eigenvalue weighted by atomic mass is 10.1. The molecule has 2 rings (SSSR count). The van der Waals surface area contributed by atoms with Crippen LogP contribution in [0.2, 0.25) is 0 Å². The van der Waals surface area contributed by atoms with Crippen molar-refractivity contribution in [3.05, 3.63) is 29.3 Å². The van der Waals surface area contributed by atoms with Crippen molar-refractivity contribution < 1.29 is 18.4 Å². The molecule has 0 saturated carbocycles. The minimum Gasteiger partial charge on any atom is -0.317 e. The second kappa shape index (κ2) is 6.09. The van der Waals surface area contributed by atoms with Crippen LogP contribution < -0.4 is 10.2 Å². The first-order valence-electron chi connectivity index (χ1n) is 6.62. The van der Waals surface area contributed by atoms with Crippen LogP contribution in [-0.2, 0) is 4.79 Å². The Morgan fingerprint density at radius 1 is 1.20 bits per heavy atom. The van der Waals surface area contributed by atoms with E-state index in [1.165, 1.54) is 0 Å². The number of carbonyl (C=O) groups excluding carboxylic acids is 2. The van der Waals surface area contributed by atoms with Crippen molar-refractivity contribution in [3.63, 3.8) is 0 Å². The zero-order valence-electron chi connectivity index (χ0n) is 11.2. The fraction of sp³-hybridized carbons (Fsp3) is 0.429. The van der Waals surface area contributed by atoms with Crippen molar-refractivity contribution >= 4 is 17.4 Å². The van der Waals surface area contributed by atoms with Crippen molar-refractivity contribution in [2.24, 2.45) is 0 Å². The fourth-order valence-electron chi connectivity index (χ4n) is 2.22. The molecular formula is C14H16F2N2O2. The molecule has 0 bridgehead atoms. The number of ketones is 1. The van der Waals surface area contributed by atoms with Gasteiger partial charge in [-0.3, -0.25) is 9.59 Å². The maximum Gasteiger partial charge on any atom is 0.299 e. The number of amides is 1. The molecule has 6 heteroatoms. The standard InChI is InChI=1S/C14H16F2N2O2/c1-2-4-17-5-3-6-18-11-8-9(15)7-10(16)12(11)13(19)14(18)20/h7-8,17H,2-6H2,1H3. The Morgan fingerprint density at radius 2 is 1.95 bits per heavy atom. The number of fused-ring (bicyclic) bond motifs is 1. The molecule has 1 aliphatic heterocycles. The molecule has 0 fully saturated rings. The number of carbonyl (C=O) groups is 2. The number of anilines is 1. The molecule has 1 aromatic carbocycles. The van der Waals surface area contributed by atoms with Gasteiger partial charge in [0.05, 0.1) is 11.3 Å². The lowest BCUT2D eigenvalue weighted by Gasteiger charge is -2.16. The van der Waals surface area contributed by atoms with E-state index in [4.69, 9.17) is 0 Å². The van der Waals surface area contributed by atoms with Gasteiger partial charge >= 0.3 is 0 Å².